The molecule has 0 N–H and O–H groups in total. The highest BCUT2D eigenvalue weighted by Gasteiger charge is 2.46. The van der Waals surface area contributed by atoms with Crippen LogP contribution in [0.3, 0.4) is 0 Å². The Morgan fingerprint density at radius 2 is 2.00 bits per heavy atom. The zero-order valence-electron chi connectivity index (χ0n) is 9.87. The molecule has 84 valence electrons. The van der Waals surface area contributed by atoms with Crippen LogP contribution < -0.4 is 0 Å². The molecule has 2 aliphatic rings. The van der Waals surface area contributed by atoms with E-state index in [4.69, 9.17) is 5.26 Å². The van der Waals surface area contributed by atoms with E-state index in [9.17, 15) is 0 Å². The number of nitriles is 1. The van der Waals surface area contributed by atoms with Gasteiger partial charge < -0.3 is 4.90 Å². The number of likely N-dealkylation sites (tertiary alicyclic amines) is 1. The highest BCUT2D eigenvalue weighted by molar-refractivity contribution is 5.01. The molecule has 1 spiro atoms. The number of piperidine rings is 1. The van der Waals surface area contributed by atoms with Crippen molar-refractivity contribution in [3.05, 3.63) is 0 Å². The molecule has 15 heavy (non-hydrogen) atoms. The standard InChI is InChI=1S/C12H21N3/c1-14-6-3-12(4-7-14)9-11(10-12)15(2)8-5-13/h11H,3-4,6-10H2,1-2H3. The zero-order chi connectivity index (χ0) is 10.9. The van der Waals surface area contributed by atoms with Crippen molar-refractivity contribution >= 4 is 0 Å². The molecule has 3 nitrogen and oxygen atoms in total. The summed E-state index contributed by atoms with van der Waals surface area (Å²) < 4.78 is 0. The van der Waals surface area contributed by atoms with E-state index in [-0.39, 0.29) is 0 Å². The van der Waals surface area contributed by atoms with Crippen LogP contribution in [0.5, 0.6) is 0 Å². The van der Waals surface area contributed by atoms with Gasteiger partial charge in [-0.3, -0.25) is 4.90 Å². The largest absolute Gasteiger partial charge is 0.306 e. The summed E-state index contributed by atoms with van der Waals surface area (Å²) in [5, 5.41) is 8.64. The molecule has 0 aromatic rings. The molecular weight excluding hydrogens is 186 g/mol. The van der Waals surface area contributed by atoms with Crippen LogP contribution in [0.2, 0.25) is 0 Å². The number of rotatable bonds is 2. The minimum absolute atomic E-state index is 0.584. The first-order valence-corrected chi connectivity index (χ1v) is 5.91. The summed E-state index contributed by atoms with van der Waals surface area (Å²) in [4.78, 5) is 4.64. The zero-order valence-corrected chi connectivity index (χ0v) is 9.87. The van der Waals surface area contributed by atoms with Crippen molar-refractivity contribution in [1.29, 1.82) is 5.26 Å². The van der Waals surface area contributed by atoms with Gasteiger partial charge in [0.25, 0.3) is 0 Å². The van der Waals surface area contributed by atoms with Crippen molar-refractivity contribution in [3.8, 4) is 6.07 Å². The summed E-state index contributed by atoms with van der Waals surface area (Å²) in [6.45, 7) is 3.10. The third kappa shape index (κ3) is 2.16. The smallest absolute Gasteiger partial charge is 0.0865 e. The quantitative estimate of drug-likeness (QED) is 0.640. The maximum atomic E-state index is 8.64. The molecule has 1 aliphatic carbocycles. The summed E-state index contributed by atoms with van der Waals surface area (Å²) in [7, 11) is 4.29. The Bertz CT molecular complexity index is 253. The average molecular weight is 207 g/mol. The fourth-order valence-electron chi connectivity index (χ4n) is 2.99. The van der Waals surface area contributed by atoms with Gasteiger partial charge in [-0.05, 0) is 58.3 Å². The molecule has 1 saturated carbocycles. The van der Waals surface area contributed by atoms with Crippen molar-refractivity contribution < 1.29 is 0 Å². The Hall–Kier alpha value is -0.590. The third-order valence-corrected chi connectivity index (χ3v) is 4.33. The van der Waals surface area contributed by atoms with Crippen LogP contribution in [0.15, 0.2) is 0 Å². The summed E-state index contributed by atoms with van der Waals surface area (Å²) in [6, 6.07) is 2.91. The second kappa shape index (κ2) is 4.11. The molecule has 0 bridgehead atoms. The lowest BCUT2D eigenvalue weighted by Gasteiger charge is -2.54. The van der Waals surface area contributed by atoms with Crippen LogP contribution in [0, 0.1) is 16.7 Å². The Morgan fingerprint density at radius 3 is 2.53 bits per heavy atom. The molecule has 2 fully saturated rings. The van der Waals surface area contributed by atoms with Crippen LogP contribution in [-0.2, 0) is 0 Å². The van der Waals surface area contributed by atoms with Crippen LogP contribution in [0.1, 0.15) is 25.7 Å². The molecule has 1 aliphatic heterocycles. The predicted octanol–water partition coefficient (Wildman–Crippen LogP) is 1.32. The molecule has 0 aromatic heterocycles. The Labute approximate surface area is 92.7 Å². The van der Waals surface area contributed by atoms with Crippen LogP contribution >= 0.6 is 0 Å². The molecule has 1 heterocycles. The Morgan fingerprint density at radius 1 is 1.40 bits per heavy atom. The van der Waals surface area contributed by atoms with Gasteiger partial charge in [-0.15, -0.1) is 0 Å². The number of hydrogen-bond donors (Lipinski definition) is 0. The first-order valence-electron chi connectivity index (χ1n) is 5.91. The van der Waals surface area contributed by atoms with Gasteiger partial charge in [-0.25, -0.2) is 0 Å². The summed E-state index contributed by atoms with van der Waals surface area (Å²) >= 11 is 0. The van der Waals surface area contributed by atoms with Gasteiger partial charge in [-0.1, -0.05) is 0 Å². The first kappa shape index (κ1) is 10.9. The van der Waals surface area contributed by atoms with Crippen molar-refractivity contribution in [3.63, 3.8) is 0 Å². The van der Waals surface area contributed by atoms with E-state index in [1.165, 1.54) is 38.8 Å². The normalized spacial score (nSPS) is 26.5. The van der Waals surface area contributed by atoms with E-state index in [1.54, 1.807) is 0 Å². The minimum Gasteiger partial charge on any atom is -0.306 e. The average Bonchev–Trinajstić information content (AvgIpc) is 2.16. The van der Waals surface area contributed by atoms with E-state index in [0.717, 1.165) is 0 Å². The fourth-order valence-corrected chi connectivity index (χ4v) is 2.99. The minimum atomic E-state index is 0.584. The molecular formula is C12H21N3. The summed E-state index contributed by atoms with van der Waals surface area (Å²) in [5.41, 5.74) is 0.640. The van der Waals surface area contributed by atoms with E-state index < -0.39 is 0 Å². The highest BCUT2D eigenvalue weighted by Crippen LogP contribution is 2.50. The predicted molar refractivity (Wildman–Crippen MR) is 60.4 cm³/mol. The molecule has 0 atom stereocenters. The number of nitrogens with zero attached hydrogens (tertiary/aromatic N) is 3. The molecule has 0 amide bonds. The lowest BCUT2D eigenvalue weighted by Crippen LogP contribution is -2.53. The van der Waals surface area contributed by atoms with Gasteiger partial charge in [0, 0.05) is 6.04 Å². The molecule has 0 radical (unpaired) electrons. The summed E-state index contributed by atoms with van der Waals surface area (Å²) in [5.74, 6) is 0. The van der Waals surface area contributed by atoms with Gasteiger partial charge in [0.15, 0.2) is 0 Å². The van der Waals surface area contributed by atoms with E-state index in [1.807, 2.05) is 0 Å². The van der Waals surface area contributed by atoms with E-state index in [2.05, 4.69) is 30.0 Å². The SMILES string of the molecule is CN1CCC2(CC1)CC(N(C)CC#N)C2. The lowest BCUT2D eigenvalue weighted by molar-refractivity contribution is -0.0263. The van der Waals surface area contributed by atoms with Crippen molar-refractivity contribution in [1.82, 2.24) is 9.80 Å². The lowest BCUT2D eigenvalue weighted by atomic mass is 9.60. The molecule has 3 heteroatoms. The van der Waals surface area contributed by atoms with Crippen molar-refractivity contribution in [2.75, 3.05) is 33.7 Å². The van der Waals surface area contributed by atoms with Crippen LogP contribution in [-0.4, -0.2) is 49.6 Å². The van der Waals surface area contributed by atoms with Crippen LogP contribution in [0.4, 0.5) is 0 Å². The first-order chi connectivity index (χ1) is 7.15. The monoisotopic (exact) mass is 207 g/mol. The van der Waals surface area contributed by atoms with E-state index >= 15 is 0 Å². The topological polar surface area (TPSA) is 30.3 Å². The van der Waals surface area contributed by atoms with Crippen molar-refractivity contribution in [2.24, 2.45) is 5.41 Å². The molecule has 0 unspecified atom stereocenters. The van der Waals surface area contributed by atoms with Gasteiger partial charge >= 0.3 is 0 Å². The molecule has 1 saturated heterocycles. The van der Waals surface area contributed by atoms with Gasteiger partial charge in [-0.2, -0.15) is 5.26 Å². The maximum absolute atomic E-state index is 8.64. The van der Waals surface area contributed by atoms with Crippen molar-refractivity contribution in [2.45, 2.75) is 31.7 Å². The summed E-state index contributed by atoms with van der Waals surface area (Å²) in [6.07, 6.45) is 5.36. The van der Waals surface area contributed by atoms with E-state index in [0.29, 0.717) is 18.0 Å². The second-order valence-electron chi connectivity index (χ2n) is 5.44. The molecule has 2 rings (SSSR count). The third-order valence-electron chi connectivity index (χ3n) is 4.33. The Kier molecular flexibility index (Phi) is 2.99. The second-order valence-corrected chi connectivity index (χ2v) is 5.44. The highest BCUT2D eigenvalue weighted by atomic mass is 15.2. The Balaban J connectivity index is 1.79. The van der Waals surface area contributed by atoms with Crippen LogP contribution in [0.25, 0.3) is 0 Å². The van der Waals surface area contributed by atoms with Gasteiger partial charge in [0.1, 0.15) is 0 Å². The maximum Gasteiger partial charge on any atom is 0.0865 e. The van der Waals surface area contributed by atoms with Gasteiger partial charge in [0.05, 0.1) is 12.6 Å². The fraction of sp³-hybridized carbons (Fsp3) is 0.917. The number of hydrogen-bond acceptors (Lipinski definition) is 3. The molecule has 0 aromatic carbocycles. The van der Waals surface area contributed by atoms with Gasteiger partial charge in [0.2, 0.25) is 0 Å².